The van der Waals surface area contributed by atoms with E-state index in [9.17, 15) is 4.79 Å². The Balaban J connectivity index is 1.72. The summed E-state index contributed by atoms with van der Waals surface area (Å²) < 4.78 is 11.8. The predicted molar refractivity (Wildman–Crippen MR) is 105 cm³/mol. The highest BCUT2D eigenvalue weighted by atomic mass is 16.5. The Bertz CT molecular complexity index is 645. The molecule has 26 heavy (non-hydrogen) atoms. The number of fused-ring (bicyclic) bond motifs is 1. The summed E-state index contributed by atoms with van der Waals surface area (Å²) in [4.78, 5) is 12.7. The van der Waals surface area contributed by atoms with Gasteiger partial charge in [0.2, 0.25) is 0 Å². The van der Waals surface area contributed by atoms with Gasteiger partial charge >= 0.3 is 0 Å². The van der Waals surface area contributed by atoms with Gasteiger partial charge in [-0.05, 0) is 81.9 Å². The SMILES string of the molecule is COc1cccc(CC[C@H]2C(=O)CC[C@@]3(C)C(OC(C)(C)C)CCC23)c1. The summed E-state index contributed by atoms with van der Waals surface area (Å²) >= 11 is 0. The fraction of sp³-hybridized carbons (Fsp3) is 0.696. The van der Waals surface area contributed by atoms with Crippen LogP contribution >= 0.6 is 0 Å². The molecule has 2 saturated carbocycles. The lowest BCUT2D eigenvalue weighted by Crippen LogP contribution is -2.46. The van der Waals surface area contributed by atoms with Gasteiger partial charge in [0.25, 0.3) is 0 Å². The topological polar surface area (TPSA) is 35.5 Å². The number of ether oxygens (including phenoxy) is 2. The van der Waals surface area contributed by atoms with Crippen LogP contribution in [0.5, 0.6) is 5.75 Å². The second-order valence-corrected chi connectivity index (χ2v) is 9.37. The van der Waals surface area contributed by atoms with Crippen LogP contribution in [-0.4, -0.2) is 24.6 Å². The lowest BCUT2D eigenvalue weighted by molar-refractivity contribution is -0.143. The molecular weight excluding hydrogens is 324 g/mol. The third-order valence-corrected chi connectivity index (χ3v) is 6.51. The largest absolute Gasteiger partial charge is 0.497 e. The third kappa shape index (κ3) is 3.98. The molecule has 0 saturated heterocycles. The van der Waals surface area contributed by atoms with Crippen molar-refractivity contribution in [1.82, 2.24) is 0 Å². The summed E-state index contributed by atoms with van der Waals surface area (Å²) in [5.41, 5.74) is 1.27. The fourth-order valence-corrected chi connectivity index (χ4v) is 5.17. The number of benzene rings is 1. The van der Waals surface area contributed by atoms with Crippen LogP contribution in [0.1, 0.15) is 65.4 Å². The van der Waals surface area contributed by atoms with E-state index in [1.807, 2.05) is 12.1 Å². The Morgan fingerprint density at radius 2 is 2.00 bits per heavy atom. The average Bonchev–Trinajstić information content (AvgIpc) is 2.90. The number of methoxy groups -OCH3 is 1. The van der Waals surface area contributed by atoms with Crippen molar-refractivity contribution in [3.63, 3.8) is 0 Å². The molecule has 0 bridgehead atoms. The van der Waals surface area contributed by atoms with E-state index in [4.69, 9.17) is 9.47 Å². The van der Waals surface area contributed by atoms with E-state index in [-0.39, 0.29) is 23.0 Å². The molecule has 0 radical (unpaired) electrons. The maximum atomic E-state index is 12.7. The molecule has 2 unspecified atom stereocenters. The fourth-order valence-electron chi connectivity index (χ4n) is 5.17. The van der Waals surface area contributed by atoms with Crippen molar-refractivity contribution in [3.8, 4) is 5.75 Å². The maximum absolute atomic E-state index is 12.7. The molecule has 2 aliphatic carbocycles. The Kier molecular flexibility index (Phi) is 5.48. The van der Waals surface area contributed by atoms with E-state index in [1.54, 1.807) is 7.11 Å². The zero-order chi connectivity index (χ0) is 18.9. The number of carbonyl (C=O) groups excluding carboxylic acids is 1. The van der Waals surface area contributed by atoms with Crippen LogP contribution in [0.3, 0.4) is 0 Å². The molecule has 0 heterocycles. The van der Waals surface area contributed by atoms with Crippen LogP contribution in [0, 0.1) is 17.3 Å². The van der Waals surface area contributed by atoms with Crippen molar-refractivity contribution in [2.45, 2.75) is 77.9 Å². The van der Waals surface area contributed by atoms with Crippen LogP contribution in [-0.2, 0) is 16.0 Å². The van der Waals surface area contributed by atoms with Crippen molar-refractivity contribution in [2.75, 3.05) is 7.11 Å². The molecule has 2 fully saturated rings. The van der Waals surface area contributed by atoms with Crippen molar-refractivity contribution < 1.29 is 14.3 Å². The van der Waals surface area contributed by atoms with Crippen LogP contribution in [0.25, 0.3) is 0 Å². The van der Waals surface area contributed by atoms with E-state index in [1.165, 1.54) is 5.56 Å². The summed E-state index contributed by atoms with van der Waals surface area (Å²) in [5, 5.41) is 0. The number of Topliss-reactive ketones (excluding diaryl/α,β-unsaturated/α-hetero) is 1. The van der Waals surface area contributed by atoms with E-state index in [2.05, 4.69) is 39.8 Å². The predicted octanol–water partition coefficient (Wildman–Crippen LogP) is 5.21. The smallest absolute Gasteiger partial charge is 0.136 e. The van der Waals surface area contributed by atoms with E-state index in [0.717, 1.165) is 37.9 Å². The Hall–Kier alpha value is -1.35. The molecule has 0 aromatic heterocycles. The number of hydrogen-bond acceptors (Lipinski definition) is 3. The summed E-state index contributed by atoms with van der Waals surface area (Å²) in [6.07, 6.45) is 6.04. The molecular formula is C23H34O3. The number of ketones is 1. The minimum absolute atomic E-state index is 0.125. The van der Waals surface area contributed by atoms with Crippen molar-refractivity contribution in [3.05, 3.63) is 29.8 Å². The second kappa shape index (κ2) is 7.34. The molecule has 0 amide bonds. The molecule has 0 aliphatic heterocycles. The normalized spacial score (nSPS) is 31.7. The maximum Gasteiger partial charge on any atom is 0.136 e. The first-order valence-corrected chi connectivity index (χ1v) is 10.1. The monoisotopic (exact) mass is 358 g/mol. The molecule has 1 aromatic carbocycles. The molecule has 144 valence electrons. The molecule has 4 atom stereocenters. The van der Waals surface area contributed by atoms with Crippen molar-refractivity contribution in [1.29, 1.82) is 0 Å². The van der Waals surface area contributed by atoms with Gasteiger partial charge in [-0.2, -0.15) is 0 Å². The van der Waals surface area contributed by atoms with E-state index >= 15 is 0 Å². The summed E-state index contributed by atoms with van der Waals surface area (Å²) in [5.74, 6) is 1.99. The van der Waals surface area contributed by atoms with Crippen LogP contribution in [0.2, 0.25) is 0 Å². The van der Waals surface area contributed by atoms with Gasteiger partial charge in [0.1, 0.15) is 11.5 Å². The number of hydrogen-bond donors (Lipinski definition) is 0. The summed E-state index contributed by atoms with van der Waals surface area (Å²) in [6, 6.07) is 8.23. The lowest BCUT2D eigenvalue weighted by Gasteiger charge is -2.45. The number of carbonyl (C=O) groups is 1. The van der Waals surface area contributed by atoms with Gasteiger partial charge in [0.05, 0.1) is 18.8 Å². The second-order valence-electron chi connectivity index (χ2n) is 9.37. The van der Waals surface area contributed by atoms with E-state index in [0.29, 0.717) is 18.1 Å². The minimum Gasteiger partial charge on any atom is -0.497 e. The zero-order valence-electron chi connectivity index (χ0n) is 17.0. The molecule has 3 rings (SSSR count). The van der Waals surface area contributed by atoms with Gasteiger partial charge in [0, 0.05) is 12.3 Å². The van der Waals surface area contributed by atoms with Crippen molar-refractivity contribution >= 4 is 5.78 Å². The number of rotatable bonds is 5. The molecule has 0 N–H and O–H groups in total. The van der Waals surface area contributed by atoms with Crippen LogP contribution in [0.4, 0.5) is 0 Å². The molecule has 1 aromatic rings. The van der Waals surface area contributed by atoms with Gasteiger partial charge in [-0.25, -0.2) is 0 Å². The van der Waals surface area contributed by atoms with E-state index < -0.39 is 0 Å². The van der Waals surface area contributed by atoms with Gasteiger partial charge in [0.15, 0.2) is 0 Å². The Morgan fingerprint density at radius 1 is 1.23 bits per heavy atom. The Morgan fingerprint density at radius 3 is 2.69 bits per heavy atom. The molecule has 3 nitrogen and oxygen atoms in total. The molecule has 3 heteroatoms. The standard InChI is InChI=1S/C23H34O3/c1-22(2,3)26-21-12-11-19-18(20(24)13-14-23(19,21)4)10-9-16-7-6-8-17(15-16)25-5/h6-8,15,18-19,21H,9-14H2,1-5H3/t18-,19?,21?,23-/m1/s1. The minimum atomic E-state index is -0.125. The first-order valence-electron chi connectivity index (χ1n) is 10.1. The van der Waals surface area contributed by atoms with Crippen LogP contribution in [0.15, 0.2) is 24.3 Å². The summed E-state index contributed by atoms with van der Waals surface area (Å²) in [6.45, 7) is 8.78. The van der Waals surface area contributed by atoms with Gasteiger partial charge in [-0.3, -0.25) is 4.79 Å². The van der Waals surface area contributed by atoms with Crippen LogP contribution < -0.4 is 4.74 Å². The van der Waals surface area contributed by atoms with Gasteiger partial charge in [-0.1, -0.05) is 19.1 Å². The van der Waals surface area contributed by atoms with Crippen molar-refractivity contribution in [2.24, 2.45) is 17.3 Å². The molecule has 2 aliphatic rings. The zero-order valence-corrected chi connectivity index (χ0v) is 17.0. The highest BCUT2D eigenvalue weighted by Crippen LogP contribution is 2.56. The van der Waals surface area contributed by atoms with Gasteiger partial charge in [-0.15, -0.1) is 0 Å². The summed E-state index contributed by atoms with van der Waals surface area (Å²) in [7, 11) is 1.70. The molecule has 0 spiro atoms. The lowest BCUT2D eigenvalue weighted by atomic mass is 9.62. The highest BCUT2D eigenvalue weighted by molar-refractivity contribution is 5.82. The van der Waals surface area contributed by atoms with Gasteiger partial charge < -0.3 is 9.47 Å². The quantitative estimate of drug-likeness (QED) is 0.725. The average molecular weight is 359 g/mol. The first kappa shape index (κ1) is 19.4. The number of aryl methyl sites for hydroxylation is 1. The third-order valence-electron chi connectivity index (χ3n) is 6.51. The first-order chi connectivity index (χ1) is 12.2. The Labute approximate surface area is 158 Å². The highest BCUT2D eigenvalue weighted by Gasteiger charge is 2.54.